The normalized spacial score (nSPS) is 19.1. The van der Waals surface area contributed by atoms with E-state index < -0.39 is 11.9 Å². The maximum atomic E-state index is 10.3. The molecule has 0 saturated carbocycles. The molecule has 5 nitrogen and oxygen atoms in total. The Bertz CT molecular complexity index is 224. The standard InChI is InChI=1S/C11H20O5/c1-3-4-5-9(8-14-10(12)13)6-7-11(2)15-16-11/h9H,3-8H2,1-2H3,(H,12,13). The second-order valence-corrected chi connectivity index (χ2v) is 4.42. The second-order valence-electron chi connectivity index (χ2n) is 4.42. The van der Waals surface area contributed by atoms with Crippen LogP contribution in [0.1, 0.15) is 46.0 Å². The maximum Gasteiger partial charge on any atom is 0.505 e. The number of hydrogen-bond acceptors (Lipinski definition) is 4. The predicted octanol–water partition coefficient (Wildman–Crippen LogP) is 2.95. The van der Waals surface area contributed by atoms with E-state index in [4.69, 9.17) is 14.9 Å². The number of hydrogen-bond donors (Lipinski definition) is 1. The maximum absolute atomic E-state index is 10.3. The van der Waals surface area contributed by atoms with Crippen LogP contribution < -0.4 is 0 Å². The van der Waals surface area contributed by atoms with Gasteiger partial charge in [0.25, 0.3) is 0 Å². The van der Waals surface area contributed by atoms with Crippen LogP contribution in [-0.4, -0.2) is 23.7 Å². The molecule has 0 aromatic rings. The average Bonchev–Trinajstić information content (AvgIpc) is 2.96. The van der Waals surface area contributed by atoms with Gasteiger partial charge < -0.3 is 9.84 Å². The lowest BCUT2D eigenvalue weighted by atomic mass is 9.96. The zero-order valence-electron chi connectivity index (χ0n) is 9.90. The van der Waals surface area contributed by atoms with Gasteiger partial charge in [-0.1, -0.05) is 19.8 Å². The molecule has 16 heavy (non-hydrogen) atoms. The number of unbranched alkanes of at least 4 members (excludes halogenated alkanes) is 1. The molecule has 1 saturated heterocycles. The molecule has 0 radical (unpaired) electrons. The highest BCUT2D eigenvalue weighted by atomic mass is 17.4. The van der Waals surface area contributed by atoms with Crippen molar-refractivity contribution in [2.75, 3.05) is 6.61 Å². The summed E-state index contributed by atoms with van der Waals surface area (Å²) in [7, 11) is 0. The minimum Gasteiger partial charge on any atom is -0.450 e. The third-order valence-corrected chi connectivity index (χ3v) is 2.78. The van der Waals surface area contributed by atoms with Crippen molar-refractivity contribution in [1.82, 2.24) is 0 Å². The molecule has 1 aliphatic rings. The predicted molar refractivity (Wildman–Crippen MR) is 56.8 cm³/mol. The minimum absolute atomic E-state index is 0.265. The Morgan fingerprint density at radius 3 is 2.62 bits per heavy atom. The fourth-order valence-corrected chi connectivity index (χ4v) is 1.61. The summed E-state index contributed by atoms with van der Waals surface area (Å²) < 4.78 is 4.62. The number of carboxylic acid groups (broad SMARTS) is 1. The molecule has 1 rings (SSSR count). The van der Waals surface area contributed by atoms with Crippen molar-refractivity contribution >= 4 is 6.16 Å². The fourth-order valence-electron chi connectivity index (χ4n) is 1.61. The van der Waals surface area contributed by atoms with Gasteiger partial charge in [-0.05, 0) is 25.7 Å². The quantitative estimate of drug-likeness (QED) is 0.395. The fraction of sp³-hybridized carbons (Fsp3) is 0.909. The molecule has 94 valence electrons. The first-order valence-electron chi connectivity index (χ1n) is 5.78. The van der Waals surface area contributed by atoms with Crippen LogP contribution in [0.4, 0.5) is 4.79 Å². The lowest BCUT2D eigenvalue weighted by Gasteiger charge is -2.15. The van der Waals surface area contributed by atoms with Crippen LogP contribution >= 0.6 is 0 Å². The Labute approximate surface area is 95.6 Å². The van der Waals surface area contributed by atoms with E-state index in [1.807, 2.05) is 6.92 Å². The Hall–Kier alpha value is -0.810. The van der Waals surface area contributed by atoms with Gasteiger partial charge in [0.05, 0.1) is 6.61 Å². The number of carbonyl (C=O) groups is 1. The second kappa shape index (κ2) is 6.06. The first kappa shape index (κ1) is 13.3. The number of rotatable bonds is 8. The van der Waals surface area contributed by atoms with Crippen LogP contribution in [0.5, 0.6) is 0 Å². The van der Waals surface area contributed by atoms with E-state index in [-0.39, 0.29) is 12.5 Å². The van der Waals surface area contributed by atoms with Gasteiger partial charge in [-0.3, -0.25) is 0 Å². The minimum atomic E-state index is -1.20. The van der Waals surface area contributed by atoms with Gasteiger partial charge in [-0.25, -0.2) is 4.79 Å². The van der Waals surface area contributed by atoms with Crippen molar-refractivity contribution in [2.45, 2.75) is 51.7 Å². The van der Waals surface area contributed by atoms with Gasteiger partial charge in [0.2, 0.25) is 5.79 Å². The van der Waals surface area contributed by atoms with E-state index in [9.17, 15) is 4.79 Å². The largest absolute Gasteiger partial charge is 0.505 e. The molecule has 1 N–H and O–H groups in total. The van der Waals surface area contributed by atoms with Crippen molar-refractivity contribution in [3.05, 3.63) is 0 Å². The number of ether oxygens (including phenoxy) is 1. The zero-order chi connectivity index (χ0) is 12.0. The van der Waals surface area contributed by atoms with Gasteiger partial charge in [-0.2, -0.15) is 9.78 Å². The molecule has 5 heteroatoms. The summed E-state index contributed by atoms with van der Waals surface area (Å²) in [6.07, 6.45) is 3.63. The third-order valence-electron chi connectivity index (χ3n) is 2.78. The first-order chi connectivity index (χ1) is 7.56. The van der Waals surface area contributed by atoms with Gasteiger partial charge >= 0.3 is 6.16 Å². The van der Waals surface area contributed by atoms with Crippen molar-refractivity contribution in [1.29, 1.82) is 0 Å². The molecule has 1 heterocycles. The van der Waals surface area contributed by atoms with Gasteiger partial charge in [0.15, 0.2) is 0 Å². The van der Waals surface area contributed by atoms with Crippen LogP contribution in [0, 0.1) is 5.92 Å². The summed E-state index contributed by atoms with van der Waals surface area (Å²) in [5.74, 6) is -0.172. The van der Waals surface area contributed by atoms with E-state index >= 15 is 0 Å². The summed E-state index contributed by atoms with van der Waals surface area (Å²) in [6, 6.07) is 0. The average molecular weight is 232 g/mol. The molecular weight excluding hydrogens is 212 g/mol. The highest BCUT2D eigenvalue weighted by Crippen LogP contribution is 2.35. The molecule has 0 aromatic carbocycles. The van der Waals surface area contributed by atoms with E-state index in [1.165, 1.54) is 0 Å². The summed E-state index contributed by atoms with van der Waals surface area (Å²) in [4.78, 5) is 20.0. The molecular formula is C11H20O5. The smallest absolute Gasteiger partial charge is 0.450 e. The van der Waals surface area contributed by atoms with Crippen molar-refractivity contribution < 1.29 is 24.4 Å². The van der Waals surface area contributed by atoms with Crippen molar-refractivity contribution in [3.8, 4) is 0 Å². The Morgan fingerprint density at radius 2 is 2.12 bits per heavy atom. The summed E-state index contributed by atoms with van der Waals surface area (Å²) in [6.45, 7) is 4.26. The zero-order valence-corrected chi connectivity index (χ0v) is 9.90. The van der Waals surface area contributed by atoms with E-state index in [0.29, 0.717) is 0 Å². The molecule has 0 amide bonds. The van der Waals surface area contributed by atoms with E-state index in [2.05, 4.69) is 11.7 Å². The highest BCUT2D eigenvalue weighted by Gasteiger charge is 2.43. The van der Waals surface area contributed by atoms with E-state index in [1.54, 1.807) is 0 Å². The molecule has 0 aromatic heterocycles. The first-order valence-corrected chi connectivity index (χ1v) is 5.78. The van der Waals surface area contributed by atoms with Crippen LogP contribution in [0.2, 0.25) is 0 Å². The Kier molecular flexibility index (Phi) is 5.02. The van der Waals surface area contributed by atoms with Crippen LogP contribution in [0.3, 0.4) is 0 Å². The molecule has 1 aliphatic heterocycles. The third kappa shape index (κ3) is 5.32. The molecule has 0 spiro atoms. The van der Waals surface area contributed by atoms with E-state index in [0.717, 1.165) is 32.1 Å². The SMILES string of the molecule is CCCCC(CCC1(C)OO1)COC(=O)O. The monoisotopic (exact) mass is 232 g/mol. The molecule has 1 atom stereocenters. The van der Waals surface area contributed by atoms with Crippen molar-refractivity contribution in [2.24, 2.45) is 5.92 Å². The topological polar surface area (TPSA) is 71.6 Å². The van der Waals surface area contributed by atoms with Crippen LogP contribution in [0.25, 0.3) is 0 Å². The van der Waals surface area contributed by atoms with Gasteiger partial charge in [-0.15, -0.1) is 0 Å². The summed E-state index contributed by atoms with van der Waals surface area (Å²) >= 11 is 0. The van der Waals surface area contributed by atoms with Gasteiger partial charge in [0.1, 0.15) is 0 Å². The molecule has 0 aliphatic carbocycles. The highest BCUT2D eigenvalue weighted by molar-refractivity contribution is 5.56. The molecule has 1 fully saturated rings. The lowest BCUT2D eigenvalue weighted by Crippen LogP contribution is -2.16. The molecule has 1 unspecified atom stereocenters. The molecule has 0 bridgehead atoms. The van der Waals surface area contributed by atoms with Gasteiger partial charge in [0, 0.05) is 6.42 Å². The van der Waals surface area contributed by atoms with Crippen LogP contribution in [-0.2, 0) is 14.5 Å². The summed E-state index contributed by atoms with van der Waals surface area (Å²) in [5.41, 5.74) is 0. The lowest BCUT2D eigenvalue weighted by molar-refractivity contribution is 0.0720. The summed E-state index contributed by atoms with van der Waals surface area (Å²) in [5, 5.41) is 8.46. The Morgan fingerprint density at radius 1 is 1.44 bits per heavy atom. The van der Waals surface area contributed by atoms with Crippen LogP contribution in [0.15, 0.2) is 0 Å². The van der Waals surface area contributed by atoms with Crippen molar-refractivity contribution in [3.63, 3.8) is 0 Å². The Balaban J connectivity index is 2.21.